The van der Waals surface area contributed by atoms with Gasteiger partial charge in [0, 0.05) is 99.8 Å². The third-order valence-corrected chi connectivity index (χ3v) is 26.3. The summed E-state index contributed by atoms with van der Waals surface area (Å²) in [6.07, 6.45) is 4.16. The molecule has 11 rings (SSSR count). The summed E-state index contributed by atoms with van der Waals surface area (Å²) < 4.78 is 210. The molecule has 11 aromatic rings. The number of methoxy groups -OCH3 is 2. The van der Waals surface area contributed by atoms with Crippen molar-refractivity contribution in [1.82, 2.24) is 0 Å². The molecule has 0 spiro atoms. The summed E-state index contributed by atoms with van der Waals surface area (Å²) in [5.41, 5.74) is 6.26. The van der Waals surface area contributed by atoms with E-state index in [1.54, 1.807) is 85.8 Å². The maximum absolute atomic E-state index is 13.9. The number of carbonyl (C=O) groups excluding carboxylic acids is 3. The van der Waals surface area contributed by atoms with E-state index in [1.807, 2.05) is 56.4 Å². The van der Waals surface area contributed by atoms with Gasteiger partial charge in [-0.2, -0.15) is 6.92 Å². The van der Waals surface area contributed by atoms with Crippen molar-refractivity contribution in [3.8, 4) is 57.5 Å². The Morgan fingerprint density at radius 3 is 0.852 bits per heavy atom. The van der Waals surface area contributed by atoms with Crippen molar-refractivity contribution in [2.45, 2.75) is 107 Å². The molecule has 1 radical (unpaired) electrons. The van der Waals surface area contributed by atoms with E-state index < -0.39 is 84.8 Å². The number of primary sulfonamides is 2. The number of sulfonamides is 6. The van der Waals surface area contributed by atoms with E-state index in [9.17, 15) is 73.3 Å². The van der Waals surface area contributed by atoms with Crippen LogP contribution >= 0.6 is 78.5 Å². The molecule has 128 heavy (non-hydrogen) atoms. The van der Waals surface area contributed by atoms with E-state index in [2.05, 4.69) is 109 Å². The predicted octanol–water partition coefficient (Wildman–Crippen LogP) is 14.2. The van der Waals surface area contributed by atoms with Gasteiger partial charge in [-0.1, -0.05) is 168 Å². The number of hydrogen-bond acceptors (Lipinski definition) is 23. The molecule has 0 bridgehead atoms. The number of benzene rings is 11. The van der Waals surface area contributed by atoms with Crippen LogP contribution in [0.25, 0.3) is 8.25 Å². The Balaban J connectivity index is 0.000000749. The zero-order valence-corrected chi connectivity index (χ0v) is 86.4. The standard InChI is InChI=1S/C48H38N2O14S4.C21H17ClO5S.C7H9NO2S.2C4H9I.C2H4I.CH5NO2S.2Li.V/c1-31-5-9-33(10-6-31)47(51)34-11-17-38(18-12-34)63-41-24-28-44(46(30-41)68(59,60)50-66(55,56)42-25-7-32(2)8-26-42)64-39-21-15-36(16-22-39)48(52)35-13-19-37(20-14-35)62-40-23-27-43(61-3)45(29-40)67(57,58)49-65(4,53)54;1-14-3-5-15(6-4-14)21(23)16-7-9-17(10-8-16)27-18-11-12-19(26-2)20(13-18)28(22,24)25;1-6-2-4-7(5-3-6)11(8,9)10;2*1-3-4(2)5;1-2-3;1-5(2,3)4;;;/h5-30H,1-4H3;3-13H,1-2H3;2-5H,1H3,(H2,8,9,10);2*4H,3H2,1-2H3;2H,1H3;1H3,(H2,2,3,4);;;/q-2;;;;;-1;;2*+1;. The van der Waals surface area contributed by atoms with Gasteiger partial charge in [0.25, 0.3) is 9.05 Å². The molecule has 0 fully saturated rings. The van der Waals surface area contributed by atoms with Crippen molar-refractivity contribution in [2.75, 3.05) is 26.7 Å². The molecule has 2 atom stereocenters. The molecule has 0 heterocycles. The van der Waals surface area contributed by atoms with Crippen LogP contribution in [0.15, 0.2) is 273 Å². The average molecular weight is 2270 g/mol. The van der Waals surface area contributed by atoms with Crippen LogP contribution in [0.3, 0.4) is 0 Å². The Morgan fingerprint density at radius 1 is 0.375 bits per heavy atom. The van der Waals surface area contributed by atoms with Crippen molar-refractivity contribution in [3.63, 3.8) is 0 Å². The molecule has 0 aliphatic heterocycles. The van der Waals surface area contributed by atoms with Gasteiger partial charge in [0.05, 0.1) is 45.2 Å². The monoisotopic (exact) mass is 2260 g/mol. The van der Waals surface area contributed by atoms with Gasteiger partial charge in [-0.3, -0.25) is 18.8 Å². The summed E-state index contributed by atoms with van der Waals surface area (Å²) in [5.74, 6) is 0.0987. The third-order valence-electron chi connectivity index (χ3n) is 16.3. The number of halogens is 4. The molecule has 0 amide bonds. The number of nitrogens with zero attached hydrogens (tertiary/aromatic N) is 2. The normalized spacial score (nSPS) is 11.5. The number of ether oxygens (including phenoxy) is 6. The van der Waals surface area contributed by atoms with Crippen LogP contribution in [-0.4, -0.2) is 111 Å². The minimum atomic E-state index is -5.03. The second-order valence-electron chi connectivity index (χ2n) is 26.8. The fourth-order valence-electron chi connectivity index (χ4n) is 9.68. The van der Waals surface area contributed by atoms with Crippen LogP contribution in [0, 0.1) is 32.1 Å². The van der Waals surface area contributed by atoms with E-state index in [0.29, 0.717) is 34.3 Å². The van der Waals surface area contributed by atoms with Crippen molar-refractivity contribution in [2.24, 2.45) is 10.3 Å². The summed E-state index contributed by atoms with van der Waals surface area (Å²) in [5, 5.41) is 9.21. The molecule has 0 aliphatic carbocycles. The number of nitrogens with two attached hydrogens (primary N) is 2. The molecule has 675 valence electrons. The topological polar surface area (TPSA) is 426 Å². The second kappa shape index (κ2) is 54.2. The number of carbonyl (C=O) groups is 3. The van der Waals surface area contributed by atoms with Crippen LogP contribution < -0.4 is 76.4 Å². The van der Waals surface area contributed by atoms with Crippen LogP contribution in [-0.2, 0) is 87.7 Å². The predicted molar refractivity (Wildman–Crippen MR) is 512 cm³/mol. The zero-order chi connectivity index (χ0) is 93.6. The molecule has 0 saturated carbocycles. The smallest absolute Gasteiger partial charge is 0.495 e. The number of aryl methyl sites for hydroxylation is 4. The average Bonchev–Trinajstić information content (AvgIpc) is 0.774. The zero-order valence-electron chi connectivity index (χ0n) is 72.1. The first-order valence-corrected chi connectivity index (χ1v) is 52.6. The first-order chi connectivity index (χ1) is 58.3. The van der Waals surface area contributed by atoms with Gasteiger partial charge < -0.3 is 59.3 Å². The Kier molecular flexibility index (Phi) is 49.6. The number of ketones is 3. The molecule has 0 saturated heterocycles. The molecule has 0 aromatic heterocycles. The third kappa shape index (κ3) is 40.6. The van der Waals surface area contributed by atoms with Gasteiger partial charge in [0.15, 0.2) is 17.3 Å². The van der Waals surface area contributed by atoms with Crippen molar-refractivity contribution in [1.29, 1.82) is 0 Å². The fourth-order valence-corrected chi connectivity index (χ4v) is 16.4. The Morgan fingerprint density at radius 2 is 0.594 bits per heavy atom. The Labute approximate surface area is 832 Å². The maximum atomic E-state index is 13.9. The van der Waals surface area contributed by atoms with Crippen LogP contribution in [0.1, 0.15) is 117 Å². The first-order valence-electron chi connectivity index (χ1n) is 36.9. The number of rotatable bonds is 27. The van der Waals surface area contributed by atoms with Gasteiger partial charge in [-0.25, -0.2) is 69.2 Å². The number of hydrogen-bond donors (Lipinski definition) is 2. The number of alkyl halides is 2. The van der Waals surface area contributed by atoms with Crippen molar-refractivity contribution in [3.05, 3.63) is 317 Å². The first kappa shape index (κ1) is 117. The minimum absolute atomic E-state index is 0. The summed E-state index contributed by atoms with van der Waals surface area (Å²) >= 11 is 6.98. The summed E-state index contributed by atoms with van der Waals surface area (Å²) in [6.45, 7) is 18.3. The fraction of sp³-hybridized carbons (Fsp3) is 0.195. The molecular weight excluding hydrogens is 2170 g/mol. The molecule has 11 aromatic carbocycles. The van der Waals surface area contributed by atoms with Crippen LogP contribution in [0.2, 0.25) is 0 Å². The van der Waals surface area contributed by atoms with Gasteiger partial charge in [0.2, 0.25) is 20.0 Å². The summed E-state index contributed by atoms with van der Waals surface area (Å²) in [7, 11) is -21.4. The van der Waals surface area contributed by atoms with E-state index >= 15 is 0 Å². The molecule has 2 unspecified atom stereocenters. The quantitative estimate of drug-likeness (QED) is 0.0121. The summed E-state index contributed by atoms with van der Waals surface area (Å²) in [6, 6.07) is 62.2. The van der Waals surface area contributed by atoms with Crippen molar-refractivity contribution >= 4 is 165 Å². The van der Waals surface area contributed by atoms with Gasteiger partial charge >= 0.3 is 37.7 Å². The maximum Gasteiger partial charge on any atom is 1.00 e. The minimum Gasteiger partial charge on any atom is -0.495 e. The molecule has 27 nitrogen and oxygen atoms in total. The van der Waals surface area contributed by atoms with E-state index in [0.717, 1.165) is 48.5 Å². The Hall–Kier alpha value is -7.02. The Bertz CT molecular complexity index is 6340. The molecule has 0 aliphatic rings. The van der Waals surface area contributed by atoms with E-state index in [-0.39, 0.29) is 145 Å². The van der Waals surface area contributed by atoms with E-state index in [1.165, 1.54) is 161 Å². The van der Waals surface area contributed by atoms with Crippen LogP contribution in [0.4, 0.5) is 0 Å². The van der Waals surface area contributed by atoms with Gasteiger partial charge in [-0.15, -0.1) is 0 Å². The summed E-state index contributed by atoms with van der Waals surface area (Å²) in [4.78, 5) is 37.5. The largest absolute Gasteiger partial charge is 1.00 e. The SMILES string of the molecule is CCC(C)I.CCC(C)I.COc1ccc(Oc2ccc(C(=O)c3ccc(C)cc3)cc2)cc1S(=O)(=O)Cl.COc1ccc(Oc2ccc(C(=O)c3ccc(Oc4ccc(Oc5ccc(C(=O)c6ccc(C)cc6)cc5)cc4S(=O)(=O)[N-]S(=O)(=O)c4ccc(C)cc4)cc3)cc2)cc1S(=O)(=O)[N-]S(C)(=O)=O.CS(N)(=O)=O.C[CH-]I.Cc1ccc(S(N)(=O)=O)cc1.[Li+].[Li+].[V]. The van der Waals surface area contributed by atoms with Crippen LogP contribution in [0.5, 0.6) is 57.5 Å². The molecule has 4 N–H and O–H groups in total. The second-order valence-corrected chi connectivity index (χ2v) is 44.9. The van der Waals surface area contributed by atoms with Gasteiger partial charge in [0.1, 0.15) is 92.5 Å². The molecular formula is C87H91ClI3Li2N4O23S7V-. The molecule has 41 heteroatoms. The van der Waals surface area contributed by atoms with Crippen molar-refractivity contribution < 1.29 is 158 Å². The van der Waals surface area contributed by atoms with Gasteiger partial charge in [-0.05, 0) is 198 Å². The van der Waals surface area contributed by atoms with E-state index in [4.69, 9.17) is 44.2 Å².